The molecule has 26 heavy (non-hydrogen) atoms. The van der Waals surface area contributed by atoms with Gasteiger partial charge in [0.2, 0.25) is 0 Å². The normalized spacial score (nSPS) is 11.4. The summed E-state index contributed by atoms with van der Waals surface area (Å²) in [5, 5.41) is 2.91. The number of carbonyl (C=O) groups excluding carboxylic acids is 1. The minimum Gasteiger partial charge on any atom is -0.484 e. The van der Waals surface area contributed by atoms with E-state index >= 15 is 0 Å². The molecule has 0 saturated carbocycles. The van der Waals surface area contributed by atoms with Crippen LogP contribution < -0.4 is 14.8 Å². The second-order valence-electron chi connectivity index (χ2n) is 5.60. The first kappa shape index (κ1) is 17.4. The number of nitrogens with one attached hydrogen (secondary N) is 1. The summed E-state index contributed by atoms with van der Waals surface area (Å²) in [5.41, 5.74) is 1.04. The predicted molar refractivity (Wildman–Crippen MR) is 97.0 cm³/mol. The minimum absolute atomic E-state index is 0.0809. The quantitative estimate of drug-likeness (QED) is 0.706. The van der Waals surface area contributed by atoms with Crippen molar-refractivity contribution in [2.45, 2.75) is 13.0 Å². The molecule has 0 saturated heterocycles. The number of benzene rings is 2. The van der Waals surface area contributed by atoms with Crippen LogP contribution in [0.5, 0.6) is 17.5 Å². The fourth-order valence-corrected chi connectivity index (χ4v) is 2.33. The van der Waals surface area contributed by atoms with Crippen LogP contribution >= 0.6 is 0 Å². The third-order valence-corrected chi connectivity index (χ3v) is 3.60. The zero-order valence-electron chi connectivity index (χ0n) is 14.3. The summed E-state index contributed by atoms with van der Waals surface area (Å²) in [7, 11) is 0. The van der Waals surface area contributed by atoms with Gasteiger partial charge in [-0.1, -0.05) is 36.4 Å². The molecule has 2 aromatic carbocycles. The van der Waals surface area contributed by atoms with Gasteiger partial charge in [0.1, 0.15) is 11.5 Å². The highest BCUT2D eigenvalue weighted by Gasteiger charge is 2.10. The first-order valence-electron chi connectivity index (χ1n) is 8.23. The lowest BCUT2D eigenvalue weighted by atomic mass is 10.1. The Kier molecular flexibility index (Phi) is 5.77. The van der Waals surface area contributed by atoms with Gasteiger partial charge in [0, 0.05) is 18.5 Å². The van der Waals surface area contributed by atoms with Crippen LogP contribution in [0.2, 0.25) is 0 Å². The van der Waals surface area contributed by atoms with Gasteiger partial charge in [-0.2, -0.15) is 0 Å². The topological polar surface area (TPSA) is 73.3 Å². The Balaban J connectivity index is 1.53. The summed E-state index contributed by atoms with van der Waals surface area (Å²) < 4.78 is 11.1. The number of hydrogen-bond acceptors (Lipinski definition) is 5. The third-order valence-electron chi connectivity index (χ3n) is 3.60. The van der Waals surface area contributed by atoms with Crippen molar-refractivity contribution in [2.24, 2.45) is 0 Å². The van der Waals surface area contributed by atoms with Gasteiger partial charge in [0.05, 0.1) is 6.04 Å². The van der Waals surface area contributed by atoms with Crippen LogP contribution in [0.1, 0.15) is 18.5 Å². The Morgan fingerprint density at radius 2 is 1.73 bits per heavy atom. The lowest BCUT2D eigenvalue weighted by Gasteiger charge is -2.14. The fraction of sp³-hybridized carbons (Fsp3) is 0.150. The van der Waals surface area contributed by atoms with E-state index in [0.29, 0.717) is 11.5 Å². The molecule has 1 heterocycles. The SMILES string of the molecule is C[C@@H](NC(=O)COc1cccc(Oc2ncccn2)c1)c1ccccc1. The number of rotatable bonds is 7. The average molecular weight is 349 g/mol. The van der Waals surface area contributed by atoms with Gasteiger partial charge in [-0.15, -0.1) is 0 Å². The molecule has 1 N–H and O–H groups in total. The van der Waals surface area contributed by atoms with Gasteiger partial charge in [0.25, 0.3) is 5.91 Å². The Morgan fingerprint density at radius 3 is 2.50 bits per heavy atom. The highest BCUT2D eigenvalue weighted by molar-refractivity contribution is 5.78. The molecule has 0 aliphatic heterocycles. The molecule has 0 spiro atoms. The first-order chi connectivity index (χ1) is 12.7. The Bertz CT molecular complexity index is 841. The van der Waals surface area contributed by atoms with Crippen molar-refractivity contribution in [3.05, 3.63) is 78.6 Å². The zero-order chi connectivity index (χ0) is 18.2. The van der Waals surface area contributed by atoms with Crippen LogP contribution in [0.15, 0.2) is 73.1 Å². The molecule has 0 unspecified atom stereocenters. The van der Waals surface area contributed by atoms with Crippen molar-refractivity contribution in [1.82, 2.24) is 15.3 Å². The molecule has 1 aromatic heterocycles. The maximum absolute atomic E-state index is 12.1. The van der Waals surface area contributed by atoms with Crippen LogP contribution in [0.3, 0.4) is 0 Å². The summed E-state index contributed by atoms with van der Waals surface area (Å²) in [6.45, 7) is 1.85. The summed E-state index contributed by atoms with van der Waals surface area (Å²) in [6.07, 6.45) is 3.20. The van der Waals surface area contributed by atoms with Gasteiger partial charge in [-0.25, -0.2) is 9.97 Å². The van der Waals surface area contributed by atoms with Crippen LogP contribution in [-0.2, 0) is 4.79 Å². The number of carbonyl (C=O) groups is 1. The second-order valence-corrected chi connectivity index (χ2v) is 5.60. The first-order valence-corrected chi connectivity index (χ1v) is 8.23. The smallest absolute Gasteiger partial charge is 0.321 e. The van der Waals surface area contributed by atoms with Crippen molar-refractivity contribution < 1.29 is 14.3 Å². The van der Waals surface area contributed by atoms with Gasteiger partial charge in [0.15, 0.2) is 6.61 Å². The molecule has 3 rings (SSSR count). The Morgan fingerprint density at radius 1 is 1.00 bits per heavy atom. The monoisotopic (exact) mass is 349 g/mol. The molecular weight excluding hydrogens is 330 g/mol. The zero-order valence-corrected chi connectivity index (χ0v) is 14.3. The largest absolute Gasteiger partial charge is 0.484 e. The second kappa shape index (κ2) is 8.62. The molecule has 1 atom stereocenters. The lowest BCUT2D eigenvalue weighted by molar-refractivity contribution is -0.123. The Labute approximate surface area is 151 Å². The van der Waals surface area contributed by atoms with Crippen molar-refractivity contribution in [2.75, 3.05) is 6.61 Å². The van der Waals surface area contributed by atoms with E-state index in [1.807, 2.05) is 37.3 Å². The summed E-state index contributed by atoms with van der Waals surface area (Å²) >= 11 is 0. The molecule has 6 heteroatoms. The van der Waals surface area contributed by atoms with Crippen LogP contribution in [0.4, 0.5) is 0 Å². The van der Waals surface area contributed by atoms with Crippen LogP contribution in [-0.4, -0.2) is 22.5 Å². The van der Waals surface area contributed by atoms with E-state index in [0.717, 1.165) is 5.56 Å². The van der Waals surface area contributed by atoms with Gasteiger partial charge in [-0.3, -0.25) is 4.79 Å². The number of ether oxygens (including phenoxy) is 2. The third kappa shape index (κ3) is 5.04. The van der Waals surface area contributed by atoms with Gasteiger partial charge in [-0.05, 0) is 30.7 Å². The molecule has 1 amide bonds. The van der Waals surface area contributed by atoms with E-state index in [9.17, 15) is 4.79 Å². The highest BCUT2D eigenvalue weighted by Crippen LogP contribution is 2.22. The number of aromatic nitrogens is 2. The van der Waals surface area contributed by atoms with Gasteiger partial charge >= 0.3 is 6.01 Å². The van der Waals surface area contributed by atoms with Gasteiger partial charge < -0.3 is 14.8 Å². The van der Waals surface area contributed by atoms with E-state index in [-0.39, 0.29) is 24.6 Å². The maximum atomic E-state index is 12.1. The average Bonchev–Trinajstić information content (AvgIpc) is 2.68. The summed E-state index contributed by atoms with van der Waals surface area (Å²) in [6, 6.07) is 18.6. The van der Waals surface area contributed by atoms with E-state index < -0.39 is 0 Å². The number of hydrogen-bond donors (Lipinski definition) is 1. The van der Waals surface area contributed by atoms with Crippen molar-refractivity contribution in [1.29, 1.82) is 0 Å². The van der Waals surface area contributed by atoms with Crippen molar-refractivity contribution in [3.8, 4) is 17.5 Å². The van der Waals surface area contributed by atoms with E-state index in [4.69, 9.17) is 9.47 Å². The molecule has 0 aliphatic carbocycles. The highest BCUT2D eigenvalue weighted by atomic mass is 16.5. The molecule has 6 nitrogen and oxygen atoms in total. The molecule has 0 aliphatic rings. The minimum atomic E-state index is -0.195. The van der Waals surface area contributed by atoms with E-state index in [2.05, 4.69) is 15.3 Å². The van der Waals surface area contributed by atoms with E-state index in [1.165, 1.54) is 0 Å². The lowest BCUT2D eigenvalue weighted by Crippen LogP contribution is -2.31. The summed E-state index contributed by atoms with van der Waals surface area (Å²) in [5.74, 6) is 0.867. The van der Waals surface area contributed by atoms with Crippen LogP contribution in [0, 0.1) is 0 Å². The fourth-order valence-electron chi connectivity index (χ4n) is 2.33. The molecule has 3 aromatic rings. The number of nitrogens with zero attached hydrogens (tertiary/aromatic N) is 2. The standard InChI is InChI=1S/C20H19N3O3/c1-15(16-7-3-2-4-8-16)23-19(24)14-25-17-9-5-10-18(13-17)26-20-21-11-6-12-22-20/h2-13,15H,14H2,1H3,(H,23,24)/t15-/m1/s1. The predicted octanol–water partition coefficient (Wildman–Crippen LogP) is 3.53. The molecule has 132 valence electrons. The molecule has 0 bridgehead atoms. The molecular formula is C20H19N3O3. The maximum Gasteiger partial charge on any atom is 0.321 e. The number of amides is 1. The van der Waals surface area contributed by atoms with Crippen LogP contribution in [0.25, 0.3) is 0 Å². The van der Waals surface area contributed by atoms with E-state index in [1.54, 1.807) is 42.7 Å². The molecule has 0 radical (unpaired) electrons. The summed E-state index contributed by atoms with van der Waals surface area (Å²) in [4.78, 5) is 20.1. The Hall–Kier alpha value is -3.41. The van der Waals surface area contributed by atoms with Crippen molar-refractivity contribution in [3.63, 3.8) is 0 Å². The van der Waals surface area contributed by atoms with Crippen molar-refractivity contribution >= 4 is 5.91 Å². The molecule has 0 fully saturated rings.